The lowest BCUT2D eigenvalue weighted by Crippen LogP contribution is -2.42. The smallest absolute Gasteiger partial charge is 0.191 e. The van der Waals surface area contributed by atoms with Gasteiger partial charge in [-0.05, 0) is 50.2 Å². The fraction of sp³-hybridized carbons (Fsp3) is 0.875. The third-order valence-corrected chi connectivity index (χ3v) is 8.88. The van der Waals surface area contributed by atoms with Crippen LogP contribution < -0.4 is 0 Å². The van der Waals surface area contributed by atoms with Crippen LogP contribution in [0.25, 0.3) is 0 Å². The van der Waals surface area contributed by atoms with Crippen molar-refractivity contribution >= 4 is 8.32 Å². The van der Waals surface area contributed by atoms with Gasteiger partial charge in [-0.2, -0.15) is 0 Å². The van der Waals surface area contributed by atoms with Crippen molar-refractivity contribution in [2.24, 2.45) is 11.8 Å². The predicted molar refractivity (Wildman–Crippen MR) is 85.5 cm³/mol. The van der Waals surface area contributed by atoms with Crippen molar-refractivity contribution in [2.75, 3.05) is 6.61 Å². The molecule has 0 aliphatic heterocycles. The molecule has 0 fully saturated rings. The van der Waals surface area contributed by atoms with Gasteiger partial charge < -0.3 is 4.43 Å². The molecule has 0 aromatic carbocycles. The Morgan fingerprint density at radius 2 is 1.61 bits per heavy atom. The second-order valence-corrected chi connectivity index (χ2v) is 12.4. The van der Waals surface area contributed by atoms with E-state index >= 15 is 0 Å². The summed E-state index contributed by atoms with van der Waals surface area (Å²) in [5.41, 5.74) is 1.42. The van der Waals surface area contributed by atoms with E-state index in [1.54, 1.807) is 0 Å². The van der Waals surface area contributed by atoms with E-state index in [1.807, 2.05) is 0 Å². The van der Waals surface area contributed by atoms with Crippen LogP contribution >= 0.6 is 0 Å². The molecular formula is C16H34OSi. The largest absolute Gasteiger partial charge is 0.417 e. The fourth-order valence-electron chi connectivity index (χ4n) is 1.37. The summed E-state index contributed by atoms with van der Waals surface area (Å²) in [6.07, 6.45) is 3.51. The minimum atomic E-state index is -1.57. The van der Waals surface area contributed by atoms with Crippen LogP contribution in [0, 0.1) is 11.8 Å². The van der Waals surface area contributed by atoms with Crippen molar-refractivity contribution in [3.63, 3.8) is 0 Å². The summed E-state index contributed by atoms with van der Waals surface area (Å²) in [6.45, 7) is 21.5. The maximum absolute atomic E-state index is 6.30. The van der Waals surface area contributed by atoms with E-state index < -0.39 is 8.32 Å². The van der Waals surface area contributed by atoms with E-state index in [2.05, 4.69) is 67.6 Å². The normalized spacial score (nSPS) is 16.3. The standard InChI is InChI=1S/C16H34OSi/c1-13(2)10-11-14(3)15(4)12-17-18(8,9)16(5,6)7/h10,14-15H,11-12H2,1-9H3/t14-,15+/m1/s1. The second-order valence-electron chi connectivity index (χ2n) is 7.54. The van der Waals surface area contributed by atoms with Crippen molar-refractivity contribution < 1.29 is 4.43 Å². The quantitative estimate of drug-likeness (QED) is 0.448. The highest BCUT2D eigenvalue weighted by atomic mass is 28.4. The number of allylic oxidation sites excluding steroid dienone is 2. The summed E-state index contributed by atoms with van der Waals surface area (Å²) in [5.74, 6) is 1.33. The van der Waals surface area contributed by atoms with Crippen LogP contribution in [0.5, 0.6) is 0 Å². The monoisotopic (exact) mass is 270 g/mol. The van der Waals surface area contributed by atoms with Crippen molar-refractivity contribution in [1.82, 2.24) is 0 Å². The summed E-state index contributed by atoms with van der Waals surface area (Å²) >= 11 is 0. The molecule has 0 aromatic heterocycles. The molecule has 2 heteroatoms. The van der Waals surface area contributed by atoms with Crippen molar-refractivity contribution in [3.8, 4) is 0 Å². The summed E-state index contributed by atoms with van der Waals surface area (Å²) < 4.78 is 6.30. The van der Waals surface area contributed by atoms with Gasteiger partial charge in [0.15, 0.2) is 8.32 Å². The SMILES string of the molecule is CC(C)=CC[C@@H](C)[C@@H](C)CO[Si](C)(C)C(C)(C)C. The molecular weight excluding hydrogens is 236 g/mol. The molecule has 1 nitrogen and oxygen atoms in total. The van der Waals surface area contributed by atoms with Crippen LogP contribution in [-0.2, 0) is 4.43 Å². The van der Waals surface area contributed by atoms with Gasteiger partial charge in [0.2, 0.25) is 0 Å². The molecule has 0 saturated carbocycles. The zero-order valence-electron chi connectivity index (χ0n) is 14.1. The lowest BCUT2D eigenvalue weighted by molar-refractivity contribution is 0.199. The zero-order valence-corrected chi connectivity index (χ0v) is 15.1. The summed E-state index contributed by atoms with van der Waals surface area (Å²) in [4.78, 5) is 0. The van der Waals surface area contributed by atoms with Crippen molar-refractivity contribution in [3.05, 3.63) is 11.6 Å². The molecule has 18 heavy (non-hydrogen) atoms. The molecule has 0 unspecified atom stereocenters. The molecule has 0 amide bonds. The van der Waals surface area contributed by atoms with Gasteiger partial charge >= 0.3 is 0 Å². The van der Waals surface area contributed by atoms with Crippen LogP contribution in [-0.4, -0.2) is 14.9 Å². The minimum absolute atomic E-state index is 0.315. The third-order valence-electron chi connectivity index (χ3n) is 4.38. The first-order valence-corrected chi connectivity index (χ1v) is 10.2. The van der Waals surface area contributed by atoms with E-state index in [9.17, 15) is 0 Å². The molecule has 0 aliphatic carbocycles. The van der Waals surface area contributed by atoms with Gasteiger partial charge in [0, 0.05) is 6.61 Å². The van der Waals surface area contributed by atoms with Crippen molar-refractivity contribution in [1.29, 1.82) is 0 Å². The molecule has 0 saturated heterocycles. The highest BCUT2D eigenvalue weighted by Crippen LogP contribution is 2.37. The highest BCUT2D eigenvalue weighted by molar-refractivity contribution is 6.74. The Hall–Kier alpha value is -0.0831. The van der Waals surface area contributed by atoms with Crippen LogP contribution in [0.15, 0.2) is 11.6 Å². The van der Waals surface area contributed by atoms with Crippen LogP contribution in [0.4, 0.5) is 0 Å². The summed E-state index contributed by atoms with van der Waals surface area (Å²) in [6, 6.07) is 0. The van der Waals surface area contributed by atoms with Gasteiger partial charge in [0.05, 0.1) is 0 Å². The minimum Gasteiger partial charge on any atom is -0.417 e. The van der Waals surface area contributed by atoms with E-state index in [0.717, 1.165) is 6.61 Å². The zero-order chi connectivity index (χ0) is 14.6. The van der Waals surface area contributed by atoms with Gasteiger partial charge in [-0.3, -0.25) is 0 Å². The Bertz CT molecular complexity index is 269. The van der Waals surface area contributed by atoms with E-state index in [4.69, 9.17) is 4.43 Å². The topological polar surface area (TPSA) is 9.23 Å². The van der Waals surface area contributed by atoms with E-state index in [-0.39, 0.29) is 0 Å². The first kappa shape index (κ1) is 17.9. The predicted octanol–water partition coefficient (Wildman–Crippen LogP) is 5.64. The maximum atomic E-state index is 6.30. The molecule has 0 bridgehead atoms. The number of rotatable bonds is 6. The Morgan fingerprint density at radius 1 is 1.11 bits per heavy atom. The second kappa shape index (κ2) is 6.90. The third kappa shape index (κ3) is 6.19. The molecule has 0 heterocycles. The van der Waals surface area contributed by atoms with Crippen LogP contribution in [0.3, 0.4) is 0 Å². The van der Waals surface area contributed by atoms with E-state index in [0.29, 0.717) is 16.9 Å². The summed E-state index contributed by atoms with van der Waals surface area (Å²) in [7, 11) is -1.57. The molecule has 0 aromatic rings. The van der Waals surface area contributed by atoms with Gasteiger partial charge in [0.1, 0.15) is 0 Å². The average molecular weight is 271 g/mol. The maximum Gasteiger partial charge on any atom is 0.191 e. The number of hydrogen-bond acceptors (Lipinski definition) is 1. The Balaban J connectivity index is 4.26. The number of hydrogen-bond donors (Lipinski definition) is 0. The molecule has 0 N–H and O–H groups in total. The van der Waals surface area contributed by atoms with Crippen molar-refractivity contribution in [2.45, 2.75) is 73.0 Å². The lowest BCUT2D eigenvalue weighted by Gasteiger charge is -2.37. The van der Waals surface area contributed by atoms with Gasteiger partial charge in [-0.15, -0.1) is 0 Å². The highest BCUT2D eigenvalue weighted by Gasteiger charge is 2.37. The molecule has 108 valence electrons. The molecule has 0 spiro atoms. The Labute approximate surface area is 116 Å². The van der Waals surface area contributed by atoms with Gasteiger partial charge in [0.25, 0.3) is 0 Å². The Morgan fingerprint density at radius 3 is 2.00 bits per heavy atom. The van der Waals surface area contributed by atoms with Crippen LogP contribution in [0.2, 0.25) is 18.1 Å². The first-order valence-electron chi connectivity index (χ1n) is 7.24. The lowest BCUT2D eigenvalue weighted by atomic mass is 9.93. The summed E-state index contributed by atoms with van der Waals surface area (Å²) in [5, 5.41) is 0.315. The fourth-order valence-corrected chi connectivity index (χ4v) is 2.49. The molecule has 0 aliphatic rings. The molecule has 0 radical (unpaired) electrons. The molecule has 2 atom stereocenters. The van der Waals surface area contributed by atoms with Gasteiger partial charge in [-0.25, -0.2) is 0 Å². The van der Waals surface area contributed by atoms with E-state index in [1.165, 1.54) is 12.0 Å². The average Bonchev–Trinajstić information content (AvgIpc) is 2.20. The Kier molecular flexibility index (Phi) is 6.87. The van der Waals surface area contributed by atoms with Crippen LogP contribution in [0.1, 0.15) is 54.9 Å². The molecule has 0 rings (SSSR count). The first-order chi connectivity index (χ1) is 7.97. The van der Waals surface area contributed by atoms with Gasteiger partial charge in [-0.1, -0.05) is 46.3 Å².